The molecule has 0 unspecified atom stereocenters. The van der Waals surface area contributed by atoms with Crippen molar-refractivity contribution in [3.63, 3.8) is 0 Å². The monoisotopic (exact) mass is 236 g/mol. The van der Waals surface area contributed by atoms with Crippen LogP contribution in [0, 0.1) is 0 Å². The number of thiocarbonyl (C=S) groups is 1. The average Bonchev–Trinajstić information content (AvgIpc) is 2.30. The molecule has 0 spiro atoms. The van der Waals surface area contributed by atoms with Gasteiger partial charge in [0.2, 0.25) is 0 Å². The predicted molar refractivity (Wildman–Crippen MR) is 69.2 cm³/mol. The zero-order chi connectivity index (χ0) is 11.4. The first kappa shape index (κ1) is 11.3. The van der Waals surface area contributed by atoms with Gasteiger partial charge in [0.1, 0.15) is 10.8 Å². The number of rotatable bonds is 3. The van der Waals surface area contributed by atoms with Crippen molar-refractivity contribution in [1.82, 2.24) is 9.99 Å². The number of hydrazine groups is 1. The normalized spacial score (nSPS) is 17.0. The molecule has 16 heavy (non-hydrogen) atoms. The van der Waals surface area contributed by atoms with E-state index in [4.69, 9.17) is 18.0 Å². The van der Waals surface area contributed by atoms with E-state index in [9.17, 15) is 0 Å². The Balaban J connectivity index is 2.02. The molecule has 1 fully saturated rings. The number of nitrogens with zero attached hydrogens (tertiary/aromatic N) is 2. The summed E-state index contributed by atoms with van der Waals surface area (Å²) in [6.45, 7) is 2.14. The van der Waals surface area contributed by atoms with E-state index in [1.54, 1.807) is 6.20 Å². The first-order valence-electron chi connectivity index (χ1n) is 5.53. The number of pyridine rings is 1. The van der Waals surface area contributed by atoms with Crippen LogP contribution in [-0.4, -0.2) is 28.1 Å². The summed E-state index contributed by atoms with van der Waals surface area (Å²) >= 11 is 4.93. The highest BCUT2D eigenvalue weighted by Crippen LogP contribution is 2.12. The highest BCUT2D eigenvalue weighted by molar-refractivity contribution is 7.80. The van der Waals surface area contributed by atoms with Crippen LogP contribution in [0.3, 0.4) is 0 Å². The van der Waals surface area contributed by atoms with Crippen LogP contribution in [-0.2, 0) is 0 Å². The van der Waals surface area contributed by atoms with Crippen LogP contribution in [0.5, 0.6) is 0 Å². The Labute approximate surface area is 101 Å². The van der Waals surface area contributed by atoms with Crippen LogP contribution < -0.4 is 11.2 Å². The van der Waals surface area contributed by atoms with Gasteiger partial charge in [0, 0.05) is 24.8 Å². The Hall–Kier alpha value is -1.20. The Morgan fingerprint density at radius 1 is 1.38 bits per heavy atom. The fraction of sp³-hybridized carbons (Fsp3) is 0.455. The van der Waals surface area contributed by atoms with Crippen LogP contribution in [0.25, 0.3) is 0 Å². The van der Waals surface area contributed by atoms with Gasteiger partial charge in [0.15, 0.2) is 0 Å². The zero-order valence-corrected chi connectivity index (χ0v) is 9.96. The molecule has 1 aromatic heterocycles. The third kappa shape index (κ3) is 2.90. The minimum Gasteiger partial charge on any atom is -0.389 e. The fourth-order valence-corrected chi connectivity index (χ4v) is 1.94. The summed E-state index contributed by atoms with van der Waals surface area (Å²) in [6, 6.07) is 3.71. The van der Waals surface area contributed by atoms with Gasteiger partial charge in [-0.25, -0.2) is 9.99 Å². The van der Waals surface area contributed by atoms with E-state index in [1.165, 1.54) is 19.3 Å². The Bertz CT molecular complexity index is 374. The van der Waals surface area contributed by atoms with E-state index in [0.717, 1.165) is 24.5 Å². The summed E-state index contributed by atoms with van der Waals surface area (Å²) < 4.78 is 0. The lowest BCUT2D eigenvalue weighted by Gasteiger charge is -2.27. The van der Waals surface area contributed by atoms with E-state index in [2.05, 4.69) is 15.4 Å². The lowest BCUT2D eigenvalue weighted by atomic mass is 10.2. The van der Waals surface area contributed by atoms with Crippen molar-refractivity contribution in [3.8, 4) is 0 Å². The Morgan fingerprint density at radius 3 is 2.81 bits per heavy atom. The van der Waals surface area contributed by atoms with Gasteiger partial charge in [-0.15, -0.1) is 0 Å². The Morgan fingerprint density at radius 2 is 2.12 bits per heavy atom. The molecule has 1 aliphatic heterocycles. The minimum absolute atomic E-state index is 0.407. The van der Waals surface area contributed by atoms with Gasteiger partial charge in [0.05, 0.1) is 0 Å². The summed E-state index contributed by atoms with van der Waals surface area (Å²) in [7, 11) is 0. The van der Waals surface area contributed by atoms with Gasteiger partial charge in [-0.1, -0.05) is 18.6 Å². The second-order valence-corrected chi connectivity index (χ2v) is 4.39. The van der Waals surface area contributed by atoms with Crippen molar-refractivity contribution in [2.75, 3.05) is 18.5 Å². The fourth-order valence-electron chi connectivity index (χ4n) is 1.81. The molecule has 86 valence electrons. The number of piperidine rings is 1. The van der Waals surface area contributed by atoms with Gasteiger partial charge in [-0.2, -0.15) is 0 Å². The van der Waals surface area contributed by atoms with E-state index in [1.807, 2.05) is 12.1 Å². The second kappa shape index (κ2) is 5.23. The van der Waals surface area contributed by atoms with Gasteiger partial charge in [0.25, 0.3) is 0 Å². The maximum Gasteiger partial charge on any atom is 0.140 e. The van der Waals surface area contributed by atoms with Gasteiger partial charge in [-0.05, 0) is 25.0 Å². The third-order valence-corrected chi connectivity index (χ3v) is 2.91. The average molecular weight is 236 g/mol. The summed E-state index contributed by atoms with van der Waals surface area (Å²) in [4.78, 5) is 4.65. The van der Waals surface area contributed by atoms with Gasteiger partial charge < -0.3 is 11.2 Å². The lowest BCUT2D eigenvalue weighted by Crippen LogP contribution is -2.35. The SMILES string of the molecule is NC(=S)c1ccnc(NN2CCCCC2)c1. The molecular formula is C11H16N4S. The molecule has 5 heteroatoms. The molecule has 0 bridgehead atoms. The van der Waals surface area contributed by atoms with Crippen molar-refractivity contribution in [2.45, 2.75) is 19.3 Å². The van der Waals surface area contributed by atoms with Crippen molar-refractivity contribution in [3.05, 3.63) is 23.9 Å². The molecule has 0 amide bonds. The number of nitrogens with two attached hydrogens (primary N) is 1. The zero-order valence-electron chi connectivity index (χ0n) is 9.15. The van der Waals surface area contributed by atoms with E-state index in [0.29, 0.717) is 4.99 Å². The molecular weight excluding hydrogens is 220 g/mol. The third-order valence-electron chi connectivity index (χ3n) is 2.67. The molecule has 2 heterocycles. The molecule has 0 aromatic carbocycles. The smallest absolute Gasteiger partial charge is 0.140 e. The van der Waals surface area contributed by atoms with Crippen molar-refractivity contribution in [1.29, 1.82) is 0 Å². The highest BCUT2D eigenvalue weighted by Gasteiger charge is 2.10. The van der Waals surface area contributed by atoms with Gasteiger partial charge in [-0.3, -0.25) is 0 Å². The van der Waals surface area contributed by atoms with Crippen LogP contribution in [0.4, 0.5) is 5.82 Å². The quantitative estimate of drug-likeness (QED) is 0.779. The summed E-state index contributed by atoms with van der Waals surface area (Å²) in [5, 5.41) is 2.19. The van der Waals surface area contributed by atoms with Crippen molar-refractivity contribution in [2.24, 2.45) is 5.73 Å². The van der Waals surface area contributed by atoms with Gasteiger partial charge >= 0.3 is 0 Å². The second-order valence-electron chi connectivity index (χ2n) is 3.95. The maximum absolute atomic E-state index is 5.58. The predicted octanol–water partition coefficient (Wildman–Crippen LogP) is 1.53. The number of hydrogen-bond donors (Lipinski definition) is 2. The minimum atomic E-state index is 0.407. The number of hydrogen-bond acceptors (Lipinski definition) is 4. The maximum atomic E-state index is 5.58. The molecule has 1 aromatic rings. The molecule has 1 aliphatic rings. The molecule has 0 saturated carbocycles. The van der Waals surface area contributed by atoms with Crippen LogP contribution in [0.1, 0.15) is 24.8 Å². The summed E-state index contributed by atoms with van der Waals surface area (Å²) in [6.07, 6.45) is 5.52. The lowest BCUT2D eigenvalue weighted by molar-refractivity contribution is 0.272. The van der Waals surface area contributed by atoms with E-state index in [-0.39, 0.29) is 0 Å². The molecule has 0 radical (unpaired) electrons. The van der Waals surface area contributed by atoms with Crippen molar-refractivity contribution < 1.29 is 0 Å². The molecule has 0 aliphatic carbocycles. The first-order chi connectivity index (χ1) is 7.75. The number of aromatic nitrogens is 1. The van der Waals surface area contributed by atoms with E-state index < -0.39 is 0 Å². The van der Waals surface area contributed by atoms with Crippen LogP contribution >= 0.6 is 12.2 Å². The standard InChI is InChI=1S/C11H16N4S/c12-11(16)9-4-5-13-10(8-9)14-15-6-2-1-3-7-15/h4-5,8H,1-3,6-7H2,(H2,12,16)(H,13,14). The highest BCUT2D eigenvalue weighted by atomic mass is 32.1. The van der Waals surface area contributed by atoms with Crippen LogP contribution in [0.2, 0.25) is 0 Å². The molecule has 0 atom stereocenters. The van der Waals surface area contributed by atoms with Crippen LogP contribution in [0.15, 0.2) is 18.3 Å². The number of nitrogens with one attached hydrogen (secondary N) is 1. The molecule has 3 N–H and O–H groups in total. The Kier molecular flexibility index (Phi) is 3.69. The number of anilines is 1. The molecule has 2 rings (SSSR count). The molecule has 4 nitrogen and oxygen atoms in total. The summed E-state index contributed by atoms with van der Waals surface area (Å²) in [5.41, 5.74) is 9.71. The molecule has 1 saturated heterocycles. The first-order valence-corrected chi connectivity index (χ1v) is 5.94. The topological polar surface area (TPSA) is 54.2 Å². The summed E-state index contributed by atoms with van der Waals surface area (Å²) in [5.74, 6) is 0.812. The van der Waals surface area contributed by atoms with E-state index >= 15 is 0 Å². The van der Waals surface area contributed by atoms with Crippen molar-refractivity contribution >= 4 is 23.0 Å². The largest absolute Gasteiger partial charge is 0.389 e.